The normalized spacial score (nSPS) is 31.9. The molecule has 0 aromatic rings. The van der Waals surface area contributed by atoms with Crippen molar-refractivity contribution < 1.29 is 38.9 Å². The smallest absolute Gasteiger partial charge is 0.448 e. The number of nitrogens with zero attached hydrogens (tertiary/aromatic N) is 1. The summed E-state index contributed by atoms with van der Waals surface area (Å²) in [6, 6.07) is 0. The molecule has 0 radical (unpaired) electrons. The van der Waals surface area contributed by atoms with Crippen molar-refractivity contribution in [2.24, 2.45) is 5.92 Å². The van der Waals surface area contributed by atoms with Crippen LogP contribution in [0.1, 0.15) is 19.3 Å². The molecule has 3 aliphatic rings. The van der Waals surface area contributed by atoms with Crippen molar-refractivity contribution in [2.45, 2.75) is 31.7 Å². The Morgan fingerprint density at radius 2 is 1.90 bits per heavy atom. The third-order valence-electron chi connectivity index (χ3n) is 3.18. The lowest BCUT2D eigenvalue weighted by Crippen LogP contribution is -2.31. The van der Waals surface area contributed by atoms with Gasteiger partial charge in [0, 0.05) is 18.8 Å². The molecule has 3 rings (SSSR count). The van der Waals surface area contributed by atoms with Crippen molar-refractivity contribution in [3.8, 4) is 0 Å². The second-order valence-corrected chi connectivity index (χ2v) is 4.53. The van der Waals surface area contributed by atoms with Gasteiger partial charge in [-0.15, -0.1) is 0 Å². The fourth-order valence-electron chi connectivity index (χ4n) is 2.18. The molecule has 0 aromatic carbocycles. The number of imide groups is 1. The van der Waals surface area contributed by atoms with Crippen LogP contribution in [0.15, 0.2) is 0 Å². The van der Waals surface area contributed by atoms with E-state index in [1.54, 1.807) is 0 Å². The zero-order valence-corrected chi connectivity index (χ0v) is 10.6. The van der Waals surface area contributed by atoms with Crippen LogP contribution in [0.2, 0.25) is 0 Å². The van der Waals surface area contributed by atoms with E-state index in [-0.39, 0.29) is 36.2 Å². The van der Waals surface area contributed by atoms with Crippen LogP contribution in [0, 0.1) is 5.92 Å². The summed E-state index contributed by atoms with van der Waals surface area (Å²) in [4.78, 5) is 35.0. The average molecular weight is 289 g/mol. The second-order valence-electron chi connectivity index (χ2n) is 4.53. The number of ether oxygens (including phenoxy) is 2. The zero-order chi connectivity index (χ0) is 14.7. The monoisotopic (exact) mass is 289 g/mol. The minimum Gasteiger partial charge on any atom is -0.448 e. The van der Waals surface area contributed by atoms with Gasteiger partial charge in [0.15, 0.2) is 6.29 Å². The molecule has 3 heterocycles. The quantitative estimate of drug-likeness (QED) is 0.618. The summed E-state index contributed by atoms with van der Waals surface area (Å²) in [6.07, 6.45) is -1.05. The molecule has 3 atom stereocenters. The number of amides is 2. The molecule has 3 fully saturated rings. The lowest BCUT2D eigenvalue weighted by atomic mass is 10.0. The number of hydrogen-bond donors (Lipinski definition) is 2. The molecule has 2 amide bonds. The summed E-state index contributed by atoms with van der Waals surface area (Å²) in [5.74, 6) is -0.972. The molecule has 0 spiro atoms. The third-order valence-corrected chi connectivity index (χ3v) is 3.18. The van der Waals surface area contributed by atoms with E-state index in [2.05, 4.69) is 4.84 Å². The Morgan fingerprint density at radius 1 is 1.25 bits per heavy atom. The van der Waals surface area contributed by atoms with Gasteiger partial charge in [0.05, 0.1) is 19.3 Å². The first-order valence-corrected chi connectivity index (χ1v) is 6.17. The standard InChI is InChI=1S/C6H10O3.C5H5NO5/c7-5-3-9-6-4(5)1-2-8-6;7-3-1-2-4(8)6(3)11-5(9)10/h4-7H,1-3H2;1-2H2,(H,9,10). The van der Waals surface area contributed by atoms with Crippen LogP contribution < -0.4 is 0 Å². The minimum atomic E-state index is -1.66. The maximum absolute atomic E-state index is 10.6. The van der Waals surface area contributed by atoms with Crippen LogP contribution in [0.5, 0.6) is 0 Å². The highest BCUT2D eigenvalue weighted by molar-refractivity contribution is 6.01. The molecule has 3 unspecified atom stereocenters. The van der Waals surface area contributed by atoms with Crippen LogP contribution in [0.4, 0.5) is 4.79 Å². The van der Waals surface area contributed by atoms with Crippen LogP contribution >= 0.6 is 0 Å². The zero-order valence-electron chi connectivity index (χ0n) is 10.6. The molecule has 3 aliphatic heterocycles. The number of hydroxylamine groups is 2. The van der Waals surface area contributed by atoms with Crippen LogP contribution in [0.3, 0.4) is 0 Å². The average Bonchev–Trinajstić information content (AvgIpc) is 3.05. The van der Waals surface area contributed by atoms with Gasteiger partial charge in [-0.3, -0.25) is 14.4 Å². The molecular weight excluding hydrogens is 274 g/mol. The highest BCUT2D eigenvalue weighted by Gasteiger charge is 2.40. The van der Waals surface area contributed by atoms with E-state index in [1.165, 1.54) is 0 Å². The largest absolute Gasteiger partial charge is 0.531 e. The van der Waals surface area contributed by atoms with Crippen molar-refractivity contribution in [3.63, 3.8) is 0 Å². The van der Waals surface area contributed by atoms with Gasteiger partial charge >= 0.3 is 6.16 Å². The number of carbonyl (C=O) groups excluding carboxylic acids is 2. The van der Waals surface area contributed by atoms with E-state index in [9.17, 15) is 19.5 Å². The Bertz CT molecular complexity index is 395. The Labute approximate surface area is 114 Å². The molecule has 20 heavy (non-hydrogen) atoms. The van der Waals surface area contributed by atoms with E-state index >= 15 is 0 Å². The highest BCUT2D eigenvalue weighted by Crippen LogP contribution is 2.30. The van der Waals surface area contributed by atoms with Crippen LogP contribution in [-0.4, -0.2) is 58.9 Å². The maximum atomic E-state index is 10.6. The molecule has 0 saturated carbocycles. The number of rotatable bonds is 1. The predicted octanol–water partition coefficient (Wildman–Crippen LogP) is -0.515. The summed E-state index contributed by atoms with van der Waals surface area (Å²) in [6.45, 7) is 1.20. The first kappa shape index (κ1) is 14.7. The van der Waals surface area contributed by atoms with Gasteiger partial charge in [-0.25, -0.2) is 4.79 Å². The van der Waals surface area contributed by atoms with Gasteiger partial charge in [0.25, 0.3) is 11.8 Å². The fourth-order valence-corrected chi connectivity index (χ4v) is 2.18. The van der Waals surface area contributed by atoms with Crippen LogP contribution in [-0.2, 0) is 23.9 Å². The Balaban J connectivity index is 0.000000149. The predicted molar refractivity (Wildman–Crippen MR) is 60.0 cm³/mol. The Hall–Kier alpha value is -1.71. The second kappa shape index (κ2) is 6.16. The first-order chi connectivity index (χ1) is 9.49. The number of carboxylic acid groups (broad SMARTS) is 1. The number of fused-ring (bicyclic) bond motifs is 1. The number of carbonyl (C=O) groups is 3. The van der Waals surface area contributed by atoms with Gasteiger partial charge in [-0.2, -0.15) is 0 Å². The van der Waals surface area contributed by atoms with Crippen molar-refractivity contribution in [2.75, 3.05) is 13.2 Å². The van der Waals surface area contributed by atoms with E-state index in [1.807, 2.05) is 0 Å². The summed E-state index contributed by atoms with van der Waals surface area (Å²) >= 11 is 0. The number of aliphatic hydroxyl groups is 1. The molecule has 3 saturated heterocycles. The number of aliphatic hydroxyl groups excluding tert-OH is 1. The summed E-state index contributed by atoms with van der Waals surface area (Å²) in [7, 11) is 0. The lowest BCUT2D eigenvalue weighted by molar-refractivity contribution is -0.175. The lowest BCUT2D eigenvalue weighted by Gasteiger charge is -2.08. The van der Waals surface area contributed by atoms with Crippen LogP contribution in [0.25, 0.3) is 0 Å². The van der Waals surface area contributed by atoms with Crippen molar-refractivity contribution >= 4 is 18.0 Å². The van der Waals surface area contributed by atoms with Gasteiger partial charge in [-0.1, -0.05) is 5.06 Å². The maximum Gasteiger partial charge on any atom is 0.531 e. The summed E-state index contributed by atoms with van der Waals surface area (Å²) in [5, 5.41) is 17.5. The van der Waals surface area contributed by atoms with E-state index in [0.717, 1.165) is 13.0 Å². The minimum absolute atomic E-state index is 0.0200. The van der Waals surface area contributed by atoms with E-state index in [0.29, 0.717) is 6.61 Å². The van der Waals surface area contributed by atoms with Gasteiger partial charge < -0.3 is 19.7 Å². The molecule has 0 aromatic heterocycles. The van der Waals surface area contributed by atoms with Crippen molar-refractivity contribution in [3.05, 3.63) is 0 Å². The third kappa shape index (κ3) is 3.24. The molecular formula is C11H15NO8. The fraction of sp³-hybridized carbons (Fsp3) is 0.727. The van der Waals surface area contributed by atoms with Gasteiger partial charge in [-0.05, 0) is 6.42 Å². The molecule has 9 heteroatoms. The van der Waals surface area contributed by atoms with E-state index < -0.39 is 18.0 Å². The molecule has 0 aliphatic carbocycles. The Kier molecular flexibility index (Phi) is 4.53. The molecule has 9 nitrogen and oxygen atoms in total. The first-order valence-electron chi connectivity index (χ1n) is 6.17. The summed E-state index contributed by atoms with van der Waals surface area (Å²) < 4.78 is 10.3. The van der Waals surface area contributed by atoms with E-state index in [4.69, 9.17) is 14.6 Å². The Morgan fingerprint density at radius 3 is 2.45 bits per heavy atom. The summed E-state index contributed by atoms with van der Waals surface area (Å²) in [5.41, 5.74) is 0. The van der Waals surface area contributed by atoms with Crippen molar-refractivity contribution in [1.82, 2.24) is 5.06 Å². The SMILES string of the molecule is O=C(O)ON1C(=O)CCC1=O.OC1COC2OCCC12. The highest BCUT2D eigenvalue weighted by atomic mass is 16.8. The molecule has 2 N–H and O–H groups in total. The molecule has 112 valence electrons. The topological polar surface area (TPSA) is 123 Å². The van der Waals surface area contributed by atoms with Crippen molar-refractivity contribution in [1.29, 1.82) is 0 Å². The molecule has 0 bridgehead atoms. The number of hydrogen-bond acceptors (Lipinski definition) is 7. The van der Waals surface area contributed by atoms with Gasteiger partial charge in [0.2, 0.25) is 0 Å². The van der Waals surface area contributed by atoms with Gasteiger partial charge in [0.1, 0.15) is 0 Å².